The quantitative estimate of drug-likeness (QED) is 0.721. The van der Waals surface area contributed by atoms with Crippen LogP contribution in [0.4, 0.5) is 0 Å². The van der Waals surface area contributed by atoms with Crippen LogP contribution in [0.1, 0.15) is 22.6 Å². The standard InChI is InChI=1S/C13H16N6S/c1-19-7-6-15-13(19)12(10-3-2-8-20-10)14-5-4-11-16-9-17-18-11/h2-3,6-9,12,14H,4-5H2,1H3,(H,16,17,18). The van der Waals surface area contributed by atoms with Crippen LogP contribution in [0.25, 0.3) is 0 Å². The maximum absolute atomic E-state index is 4.46. The Hall–Kier alpha value is -1.99. The van der Waals surface area contributed by atoms with Gasteiger partial charge in [-0.1, -0.05) is 6.07 Å². The average molecular weight is 288 g/mol. The Bertz CT molecular complexity index is 628. The van der Waals surface area contributed by atoms with E-state index in [1.807, 2.05) is 24.0 Å². The van der Waals surface area contributed by atoms with Gasteiger partial charge in [-0.3, -0.25) is 5.10 Å². The summed E-state index contributed by atoms with van der Waals surface area (Å²) in [7, 11) is 2.01. The van der Waals surface area contributed by atoms with Gasteiger partial charge in [0.1, 0.15) is 24.0 Å². The summed E-state index contributed by atoms with van der Waals surface area (Å²) in [6.07, 6.45) is 6.14. The minimum Gasteiger partial charge on any atom is -0.336 e. The molecule has 7 heteroatoms. The third-order valence-corrected chi connectivity index (χ3v) is 4.06. The summed E-state index contributed by atoms with van der Waals surface area (Å²) < 4.78 is 2.05. The average Bonchev–Trinajstić information content (AvgIpc) is 3.18. The summed E-state index contributed by atoms with van der Waals surface area (Å²) in [5.41, 5.74) is 0. The van der Waals surface area contributed by atoms with Crippen molar-refractivity contribution in [1.82, 2.24) is 30.0 Å². The largest absolute Gasteiger partial charge is 0.336 e. The van der Waals surface area contributed by atoms with Gasteiger partial charge >= 0.3 is 0 Å². The van der Waals surface area contributed by atoms with Gasteiger partial charge in [-0.2, -0.15) is 5.10 Å². The van der Waals surface area contributed by atoms with Crippen LogP contribution in [0.5, 0.6) is 0 Å². The minimum absolute atomic E-state index is 0.109. The van der Waals surface area contributed by atoms with Gasteiger partial charge in [0.2, 0.25) is 0 Å². The molecule has 0 saturated carbocycles. The van der Waals surface area contributed by atoms with E-state index in [9.17, 15) is 0 Å². The highest BCUT2D eigenvalue weighted by molar-refractivity contribution is 7.10. The van der Waals surface area contributed by atoms with Crippen LogP contribution < -0.4 is 5.32 Å². The third kappa shape index (κ3) is 2.78. The number of hydrogen-bond donors (Lipinski definition) is 2. The first kappa shape index (κ1) is 13.0. The van der Waals surface area contributed by atoms with Gasteiger partial charge in [0.05, 0.1) is 0 Å². The minimum atomic E-state index is 0.109. The van der Waals surface area contributed by atoms with Crippen molar-refractivity contribution in [1.29, 1.82) is 0 Å². The molecule has 6 nitrogen and oxygen atoms in total. The molecule has 0 spiro atoms. The lowest BCUT2D eigenvalue weighted by Gasteiger charge is -2.17. The Labute approximate surface area is 120 Å². The fourth-order valence-corrected chi connectivity index (χ4v) is 2.91. The zero-order chi connectivity index (χ0) is 13.8. The molecule has 0 radical (unpaired) electrons. The highest BCUT2D eigenvalue weighted by Crippen LogP contribution is 2.24. The van der Waals surface area contributed by atoms with Gasteiger partial charge < -0.3 is 9.88 Å². The molecule has 0 saturated heterocycles. The molecule has 3 aromatic rings. The maximum Gasteiger partial charge on any atom is 0.137 e. The number of rotatable bonds is 6. The summed E-state index contributed by atoms with van der Waals surface area (Å²) in [6.45, 7) is 0.810. The molecule has 3 aromatic heterocycles. The van der Waals surface area contributed by atoms with E-state index in [2.05, 4.69) is 43.0 Å². The monoisotopic (exact) mass is 288 g/mol. The van der Waals surface area contributed by atoms with Crippen LogP contribution in [0.2, 0.25) is 0 Å². The van der Waals surface area contributed by atoms with E-state index in [1.54, 1.807) is 11.3 Å². The third-order valence-electron chi connectivity index (χ3n) is 3.12. The first-order valence-corrected chi connectivity index (χ1v) is 7.31. The number of hydrogen-bond acceptors (Lipinski definition) is 5. The smallest absolute Gasteiger partial charge is 0.137 e. The van der Waals surface area contributed by atoms with Crippen LogP contribution in [-0.2, 0) is 13.5 Å². The molecule has 0 aliphatic heterocycles. The van der Waals surface area contributed by atoms with Crippen molar-refractivity contribution < 1.29 is 0 Å². The zero-order valence-corrected chi connectivity index (χ0v) is 12.0. The van der Waals surface area contributed by atoms with E-state index in [0.717, 1.165) is 24.6 Å². The van der Waals surface area contributed by atoms with Crippen molar-refractivity contribution in [2.24, 2.45) is 7.05 Å². The second kappa shape index (κ2) is 5.98. The summed E-state index contributed by atoms with van der Waals surface area (Å²) >= 11 is 1.73. The van der Waals surface area contributed by atoms with Gasteiger partial charge in [-0.15, -0.1) is 11.3 Å². The second-order valence-corrected chi connectivity index (χ2v) is 5.46. The van der Waals surface area contributed by atoms with Crippen LogP contribution >= 0.6 is 11.3 Å². The number of aromatic nitrogens is 5. The number of aromatic amines is 1. The van der Waals surface area contributed by atoms with E-state index >= 15 is 0 Å². The first-order chi connectivity index (χ1) is 9.84. The summed E-state index contributed by atoms with van der Waals surface area (Å²) in [4.78, 5) is 9.85. The van der Waals surface area contributed by atoms with Crippen molar-refractivity contribution in [2.45, 2.75) is 12.5 Å². The highest BCUT2D eigenvalue weighted by atomic mass is 32.1. The van der Waals surface area contributed by atoms with Gasteiger partial charge in [0.15, 0.2) is 0 Å². The Balaban J connectivity index is 1.72. The molecule has 104 valence electrons. The molecule has 0 fully saturated rings. The summed E-state index contributed by atoms with van der Waals surface area (Å²) in [5, 5.41) is 12.4. The van der Waals surface area contributed by atoms with Gasteiger partial charge in [-0.25, -0.2) is 9.97 Å². The lowest BCUT2D eigenvalue weighted by atomic mass is 10.2. The lowest BCUT2D eigenvalue weighted by molar-refractivity contribution is 0.562. The Kier molecular flexibility index (Phi) is 3.89. The Morgan fingerprint density at radius 2 is 2.40 bits per heavy atom. The molecular weight excluding hydrogens is 272 g/mol. The van der Waals surface area contributed by atoms with Crippen LogP contribution in [0.15, 0.2) is 36.2 Å². The van der Waals surface area contributed by atoms with E-state index in [4.69, 9.17) is 0 Å². The summed E-state index contributed by atoms with van der Waals surface area (Å²) in [6, 6.07) is 4.30. The molecule has 0 aliphatic carbocycles. The number of thiophene rings is 1. The molecule has 0 bridgehead atoms. The first-order valence-electron chi connectivity index (χ1n) is 6.43. The van der Waals surface area contributed by atoms with Crippen LogP contribution in [-0.4, -0.2) is 31.3 Å². The number of aryl methyl sites for hydroxylation is 1. The predicted octanol–water partition coefficient (Wildman–Crippen LogP) is 1.52. The molecule has 20 heavy (non-hydrogen) atoms. The van der Waals surface area contributed by atoms with Crippen molar-refractivity contribution in [3.8, 4) is 0 Å². The van der Waals surface area contributed by atoms with Crippen LogP contribution in [0, 0.1) is 0 Å². The normalized spacial score (nSPS) is 12.7. The highest BCUT2D eigenvalue weighted by Gasteiger charge is 2.18. The van der Waals surface area contributed by atoms with Crippen molar-refractivity contribution in [3.05, 3.63) is 52.8 Å². The van der Waals surface area contributed by atoms with Crippen molar-refractivity contribution in [2.75, 3.05) is 6.54 Å². The molecule has 2 N–H and O–H groups in total. The van der Waals surface area contributed by atoms with Gasteiger partial charge in [0, 0.05) is 37.3 Å². The Morgan fingerprint density at radius 3 is 3.05 bits per heavy atom. The van der Waals surface area contributed by atoms with E-state index in [0.29, 0.717) is 0 Å². The molecule has 0 aromatic carbocycles. The zero-order valence-electron chi connectivity index (χ0n) is 11.2. The summed E-state index contributed by atoms with van der Waals surface area (Å²) in [5.74, 6) is 1.91. The molecular formula is C13H16N6S. The van der Waals surface area contributed by atoms with Gasteiger partial charge in [0.25, 0.3) is 0 Å². The van der Waals surface area contributed by atoms with E-state index in [-0.39, 0.29) is 6.04 Å². The lowest BCUT2D eigenvalue weighted by Crippen LogP contribution is -2.26. The fraction of sp³-hybridized carbons (Fsp3) is 0.308. The van der Waals surface area contributed by atoms with Crippen molar-refractivity contribution in [3.63, 3.8) is 0 Å². The van der Waals surface area contributed by atoms with Crippen LogP contribution in [0.3, 0.4) is 0 Å². The fourth-order valence-electron chi connectivity index (χ4n) is 2.12. The number of imidazole rings is 1. The molecule has 3 heterocycles. The van der Waals surface area contributed by atoms with Gasteiger partial charge in [-0.05, 0) is 11.4 Å². The molecule has 1 unspecified atom stereocenters. The van der Waals surface area contributed by atoms with E-state index in [1.165, 1.54) is 11.2 Å². The molecule has 0 amide bonds. The topological polar surface area (TPSA) is 71.4 Å². The maximum atomic E-state index is 4.46. The SMILES string of the molecule is Cn1ccnc1C(NCCc1ncn[nH]1)c1cccs1. The molecule has 1 atom stereocenters. The number of nitrogens with zero attached hydrogens (tertiary/aromatic N) is 4. The molecule has 0 aliphatic rings. The molecule has 3 rings (SSSR count). The van der Waals surface area contributed by atoms with E-state index < -0.39 is 0 Å². The number of H-pyrrole nitrogens is 1. The van der Waals surface area contributed by atoms with Crippen molar-refractivity contribution >= 4 is 11.3 Å². The number of nitrogens with one attached hydrogen (secondary N) is 2. The second-order valence-electron chi connectivity index (χ2n) is 4.48. The predicted molar refractivity (Wildman–Crippen MR) is 77.5 cm³/mol. The Morgan fingerprint density at radius 1 is 1.45 bits per heavy atom.